The van der Waals surface area contributed by atoms with Gasteiger partial charge in [-0.15, -0.1) is 11.8 Å². The number of hydrogen-bond donors (Lipinski definition) is 1. The third kappa shape index (κ3) is 2.76. The van der Waals surface area contributed by atoms with E-state index in [4.69, 9.17) is 9.52 Å². The van der Waals surface area contributed by atoms with Gasteiger partial charge < -0.3 is 14.4 Å². The van der Waals surface area contributed by atoms with Crippen molar-refractivity contribution in [3.05, 3.63) is 29.7 Å². The number of thioether (sulfide) groups is 1. The van der Waals surface area contributed by atoms with Crippen molar-refractivity contribution in [1.29, 1.82) is 0 Å². The van der Waals surface area contributed by atoms with Crippen LogP contribution in [-0.2, 0) is 9.59 Å². The van der Waals surface area contributed by atoms with E-state index in [1.807, 2.05) is 6.92 Å². The fourth-order valence-corrected chi connectivity index (χ4v) is 2.81. The van der Waals surface area contributed by atoms with Crippen molar-refractivity contribution >= 4 is 29.7 Å². The Morgan fingerprint density at radius 1 is 1.56 bits per heavy atom. The average Bonchev–Trinajstić information content (AvgIpc) is 2.94. The van der Waals surface area contributed by atoms with Crippen LogP contribution in [0.15, 0.2) is 22.6 Å². The van der Waals surface area contributed by atoms with Gasteiger partial charge in [0.15, 0.2) is 0 Å². The Balaban J connectivity index is 2.03. The lowest BCUT2D eigenvalue weighted by atomic mass is 10.3. The van der Waals surface area contributed by atoms with Gasteiger partial charge in [0.2, 0.25) is 5.91 Å². The highest BCUT2D eigenvalue weighted by atomic mass is 32.2. The highest BCUT2D eigenvalue weighted by molar-refractivity contribution is 7.99. The number of rotatable bonds is 3. The predicted molar refractivity (Wildman–Crippen MR) is 68.1 cm³/mol. The fourth-order valence-electron chi connectivity index (χ4n) is 1.66. The van der Waals surface area contributed by atoms with Crippen LogP contribution in [0.4, 0.5) is 0 Å². The van der Waals surface area contributed by atoms with Gasteiger partial charge in [0.25, 0.3) is 0 Å². The molecular weight excluding hydrogens is 254 g/mol. The van der Waals surface area contributed by atoms with Crippen LogP contribution in [0.5, 0.6) is 0 Å². The number of carbonyl (C=O) groups is 2. The molecule has 6 heteroatoms. The lowest BCUT2D eigenvalue weighted by Gasteiger charge is -2.18. The van der Waals surface area contributed by atoms with Gasteiger partial charge >= 0.3 is 5.97 Å². The van der Waals surface area contributed by atoms with Crippen LogP contribution < -0.4 is 0 Å². The lowest BCUT2D eigenvalue weighted by Crippen LogP contribution is -2.40. The second-order valence-electron chi connectivity index (χ2n) is 3.94. The zero-order chi connectivity index (χ0) is 13.1. The quantitative estimate of drug-likeness (QED) is 0.842. The summed E-state index contributed by atoms with van der Waals surface area (Å²) in [7, 11) is 0. The second kappa shape index (κ2) is 5.30. The van der Waals surface area contributed by atoms with Gasteiger partial charge in [-0.25, -0.2) is 4.79 Å². The summed E-state index contributed by atoms with van der Waals surface area (Å²) in [4.78, 5) is 24.2. The van der Waals surface area contributed by atoms with E-state index in [0.717, 1.165) is 5.76 Å². The maximum atomic E-state index is 11.9. The minimum atomic E-state index is -0.962. The summed E-state index contributed by atoms with van der Waals surface area (Å²) < 4.78 is 5.29. The summed E-state index contributed by atoms with van der Waals surface area (Å²) in [5, 5.41) is 8.97. The van der Waals surface area contributed by atoms with Crippen LogP contribution in [0.3, 0.4) is 0 Å². The number of carboxylic acid groups (broad SMARTS) is 1. The van der Waals surface area contributed by atoms with Crippen LogP contribution in [0.25, 0.3) is 6.08 Å². The number of hydrogen-bond acceptors (Lipinski definition) is 4. The topological polar surface area (TPSA) is 70.8 Å². The highest BCUT2D eigenvalue weighted by Gasteiger charge is 2.33. The molecule has 5 nitrogen and oxygen atoms in total. The SMILES string of the molecule is Cc1ccc(/C=C/C(=O)N2CSC[C@H]2C(=O)O)o1. The summed E-state index contributed by atoms with van der Waals surface area (Å²) in [6, 6.07) is 2.83. The normalized spacial score (nSPS) is 19.6. The first-order valence-electron chi connectivity index (χ1n) is 5.43. The van der Waals surface area contributed by atoms with Crippen LogP contribution in [0.2, 0.25) is 0 Å². The maximum Gasteiger partial charge on any atom is 0.327 e. The highest BCUT2D eigenvalue weighted by Crippen LogP contribution is 2.21. The first-order chi connectivity index (χ1) is 8.58. The van der Waals surface area contributed by atoms with Gasteiger partial charge in [0, 0.05) is 11.8 Å². The van der Waals surface area contributed by atoms with Crippen molar-refractivity contribution in [1.82, 2.24) is 4.90 Å². The number of furan rings is 1. The molecular formula is C12H13NO4S. The Morgan fingerprint density at radius 2 is 2.33 bits per heavy atom. The van der Waals surface area contributed by atoms with Gasteiger partial charge in [0.1, 0.15) is 17.6 Å². The van der Waals surface area contributed by atoms with Crippen LogP contribution >= 0.6 is 11.8 Å². The van der Waals surface area contributed by atoms with Gasteiger partial charge in [0.05, 0.1) is 5.88 Å². The van der Waals surface area contributed by atoms with E-state index >= 15 is 0 Å². The van der Waals surface area contributed by atoms with E-state index in [9.17, 15) is 9.59 Å². The molecule has 2 rings (SSSR count). The third-order valence-corrected chi connectivity index (χ3v) is 3.61. The minimum absolute atomic E-state index is 0.304. The van der Waals surface area contributed by atoms with Crippen molar-refractivity contribution in [2.24, 2.45) is 0 Å². The van der Waals surface area contributed by atoms with Crippen molar-refractivity contribution in [3.63, 3.8) is 0 Å². The first kappa shape index (κ1) is 12.8. The Kier molecular flexibility index (Phi) is 3.76. The van der Waals surface area contributed by atoms with Crippen molar-refractivity contribution < 1.29 is 19.1 Å². The summed E-state index contributed by atoms with van der Waals surface area (Å²) >= 11 is 1.44. The summed E-state index contributed by atoms with van der Waals surface area (Å²) in [6.07, 6.45) is 2.90. The molecule has 0 aliphatic carbocycles. The maximum absolute atomic E-state index is 11.9. The van der Waals surface area contributed by atoms with Gasteiger partial charge in [-0.1, -0.05) is 0 Å². The molecule has 1 amide bonds. The molecule has 1 N–H and O–H groups in total. The van der Waals surface area contributed by atoms with Gasteiger partial charge in [-0.05, 0) is 25.1 Å². The lowest BCUT2D eigenvalue weighted by molar-refractivity contribution is -0.146. The zero-order valence-corrected chi connectivity index (χ0v) is 10.6. The molecule has 1 aromatic heterocycles. The Hall–Kier alpha value is -1.69. The van der Waals surface area contributed by atoms with E-state index in [0.29, 0.717) is 17.4 Å². The van der Waals surface area contributed by atoms with Crippen molar-refractivity contribution in [3.8, 4) is 0 Å². The number of carboxylic acids is 1. The minimum Gasteiger partial charge on any atom is -0.480 e. The van der Waals surface area contributed by atoms with E-state index in [-0.39, 0.29) is 5.91 Å². The second-order valence-corrected chi connectivity index (χ2v) is 4.94. The molecule has 1 aliphatic rings. The molecule has 2 heterocycles. The molecule has 18 heavy (non-hydrogen) atoms. The zero-order valence-electron chi connectivity index (χ0n) is 9.83. The molecule has 1 saturated heterocycles. The van der Waals surface area contributed by atoms with Crippen molar-refractivity contribution in [2.45, 2.75) is 13.0 Å². The first-order valence-corrected chi connectivity index (χ1v) is 6.59. The van der Waals surface area contributed by atoms with E-state index in [1.165, 1.54) is 22.7 Å². The molecule has 0 spiro atoms. The number of nitrogens with zero attached hydrogens (tertiary/aromatic N) is 1. The molecule has 0 bridgehead atoms. The number of amides is 1. The molecule has 1 aromatic rings. The van der Waals surface area contributed by atoms with E-state index in [2.05, 4.69) is 0 Å². The van der Waals surface area contributed by atoms with Crippen LogP contribution in [0, 0.1) is 6.92 Å². The van der Waals surface area contributed by atoms with Gasteiger partial charge in [-0.3, -0.25) is 4.79 Å². The van der Waals surface area contributed by atoms with E-state index in [1.54, 1.807) is 18.2 Å². The molecule has 0 unspecified atom stereocenters. The fraction of sp³-hybridized carbons (Fsp3) is 0.333. The number of aliphatic carboxylic acids is 1. The molecule has 1 aliphatic heterocycles. The molecule has 96 valence electrons. The van der Waals surface area contributed by atoms with E-state index < -0.39 is 12.0 Å². The third-order valence-electron chi connectivity index (χ3n) is 2.60. The molecule has 1 atom stereocenters. The monoisotopic (exact) mass is 267 g/mol. The van der Waals surface area contributed by atoms with Crippen LogP contribution in [-0.4, -0.2) is 39.6 Å². The van der Waals surface area contributed by atoms with Crippen molar-refractivity contribution in [2.75, 3.05) is 11.6 Å². The summed E-state index contributed by atoms with van der Waals surface area (Å²) in [5.41, 5.74) is 0. The van der Waals surface area contributed by atoms with Gasteiger partial charge in [-0.2, -0.15) is 0 Å². The smallest absolute Gasteiger partial charge is 0.327 e. The molecule has 0 saturated carbocycles. The standard InChI is InChI=1S/C12H13NO4S/c1-8-2-3-9(17-8)4-5-11(14)13-7-18-6-10(13)12(15)16/h2-5,10H,6-7H2,1H3,(H,15,16)/b5-4+/t10-/m0/s1. The average molecular weight is 267 g/mol. The Bertz CT molecular complexity index is 494. The number of carbonyl (C=O) groups excluding carboxylic acids is 1. The Morgan fingerprint density at radius 3 is 2.94 bits per heavy atom. The summed E-state index contributed by atoms with van der Waals surface area (Å²) in [6.45, 7) is 1.82. The predicted octanol–water partition coefficient (Wildman–Crippen LogP) is 1.59. The number of aryl methyl sites for hydroxylation is 1. The molecule has 0 radical (unpaired) electrons. The molecule has 0 aromatic carbocycles. The molecule has 1 fully saturated rings. The summed E-state index contributed by atoms with van der Waals surface area (Å²) in [5.74, 6) is 0.936. The van der Waals surface area contributed by atoms with Crippen LogP contribution in [0.1, 0.15) is 11.5 Å². The Labute approximate surface area is 108 Å². The largest absolute Gasteiger partial charge is 0.480 e.